The second-order valence-electron chi connectivity index (χ2n) is 8.78. The molecule has 1 aliphatic carbocycles. The fourth-order valence-corrected chi connectivity index (χ4v) is 5.53. The van der Waals surface area contributed by atoms with Crippen LogP contribution in [0.15, 0.2) is 29.8 Å². The van der Waals surface area contributed by atoms with Crippen LogP contribution in [0.4, 0.5) is 0 Å². The second kappa shape index (κ2) is 8.63. The van der Waals surface area contributed by atoms with Crippen LogP contribution in [0, 0.1) is 18.8 Å². The van der Waals surface area contributed by atoms with Gasteiger partial charge < -0.3 is 5.73 Å². The number of rotatable bonds is 5. The van der Waals surface area contributed by atoms with E-state index >= 15 is 0 Å². The van der Waals surface area contributed by atoms with E-state index in [-0.39, 0.29) is 17.9 Å². The van der Waals surface area contributed by atoms with E-state index in [9.17, 15) is 9.59 Å². The molecule has 168 valence electrons. The molecule has 32 heavy (non-hydrogen) atoms. The predicted octanol–water partition coefficient (Wildman–Crippen LogP) is 3.61. The molecule has 1 aliphatic heterocycles. The third-order valence-corrected chi connectivity index (χ3v) is 7.45. The number of aromatic nitrogens is 3. The maximum Gasteiger partial charge on any atom is 0.249 e. The molecule has 2 aromatic heterocycles. The van der Waals surface area contributed by atoms with E-state index in [4.69, 9.17) is 10.6 Å². The lowest BCUT2D eigenvalue weighted by atomic mass is 9.81. The predicted molar refractivity (Wildman–Crippen MR) is 121 cm³/mol. The van der Waals surface area contributed by atoms with Gasteiger partial charge in [-0.1, -0.05) is 6.07 Å². The van der Waals surface area contributed by atoms with Crippen LogP contribution in [0.2, 0.25) is 0 Å². The van der Waals surface area contributed by atoms with Gasteiger partial charge in [-0.15, -0.1) is 11.3 Å². The quantitative estimate of drug-likeness (QED) is 0.636. The summed E-state index contributed by atoms with van der Waals surface area (Å²) >= 11 is 1.61. The molecule has 2 amide bonds. The number of aryl methyl sites for hydroxylation is 1. The molecule has 3 aromatic rings. The van der Waals surface area contributed by atoms with E-state index in [0.717, 1.165) is 60.3 Å². The Kier molecular flexibility index (Phi) is 5.69. The van der Waals surface area contributed by atoms with Gasteiger partial charge in [0.15, 0.2) is 0 Å². The molecule has 2 aliphatic rings. The Morgan fingerprint density at radius 3 is 2.75 bits per heavy atom. The average Bonchev–Trinajstić information content (AvgIpc) is 3.53. The summed E-state index contributed by atoms with van der Waals surface area (Å²) in [5.74, 6) is 0.0828. The number of hydrogen-bond acceptors (Lipinski definition) is 6. The number of nitrogens with zero attached hydrogens (tertiary/aromatic N) is 4. The molecule has 1 saturated carbocycles. The van der Waals surface area contributed by atoms with E-state index < -0.39 is 5.91 Å². The van der Waals surface area contributed by atoms with Crippen LogP contribution in [-0.4, -0.2) is 38.2 Å². The molecule has 1 atom stereocenters. The zero-order valence-corrected chi connectivity index (χ0v) is 18.9. The molecular weight excluding hydrogens is 426 g/mol. The molecule has 5 rings (SSSR count). The maximum absolute atomic E-state index is 13.2. The van der Waals surface area contributed by atoms with Crippen LogP contribution < -0.4 is 5.73 Å². The van der Waals surface area contributed by atoms with Crippen LogP contribution in [0.25, 0.3) is 10.9 Å². The van der Waals surface area contributed by atoms with Gasteiger partial charge in [-0.25, -0.2) is 10.0 Å². The zero-order valence-electron chi connectivity index (χ0n) is 18.1. The van der Waals surface area contributed by atoms with Crippen molar-refractivity contribution in [1.29, 1.82) is 0 Å². The number of carbonyl (C=O) groups is 2. The molecule has 1 aromatic carbocycles. The lowest BCUT2D eigenvalue weighted by molar-refractivity contribution is -0.183. The van der Waals surface area contributed by atoms with Gasteiger partial charge in [-0.05, 0) is 50.7 Å². The topological polar surface area (TPSA) is 103 Å². The summed E-state index contributed by atoms with van der Waals surface area (Å²) in [6.07, 6.45) is 6.23. The number of primary amides is 1. The Bertz CT molecular complexity index is 1150. The summed E-state index contributed by atoms with van der Waals surface area (Å²) in [6, 6.07) is 5.35. The highest BCUT2D eigenvalue weighted by Gasteiger charge is 2.38. The van der Waals surface area contributed by atoms with Gasteiger partial charge in [0.2, 0.25) is 11.8 Å². The van der Waals surface area contributed by atoms with E-state index in [2.05, 4.69) is 10.1 Å². The monoisotopic (exact) mass is 453 g/mol. The number of nitrogens with two attached hydrogens (primary N) is 1. The van der Waals surface area contributed by atoms with Crippen molar-refractivity contribution in [3.8, 4) is 0 Å². The minimum absolute atomic E-state index is 0.0117. The Hall–Kier alpha value is -2.78. The van der Waals surface area contributed by atoms with Crippen molar-refractivity contribution >= 4 is 34.1 Å². The van der Waals surface area contributed by atoms with Gasteiger partial charge in [0.25, 0.3) is 0 Å². The number of benzene rings is 1. The molecule has 1 saturated heterocycles. The van der Waals surface area contributed by atoms with E-state index in [1.165, 1.54) is 0 Å². The Morgan fingerprint density at radius 1 is 1.22 bits per heavy atom. The first-order valence-corrected chi connectivity index (χ1v) is 12.0. The van der Waals surface area contributed by atoms with E-state index in [1.54, 1.807) is 22.5 Å². The number of carbonyl (C=O) groups excluding carboxylic acids is 2. The fourth-order valence-electron chi connectivity index (χ4n) is 4.87. The SMILES string of the molecule is Cc1nc([C@@H]2CCON2C(=O)C2CCC(Cn3ncc4ccc(C(N)=O)cc43)CC2)cs1. The molecule has 0 radical (unpaired) electrons. The number of hydroxylamine groups is 2. The number of thiazole rings is 1. The molecule has 3 heterocycles. The largest absolute Gasteiger partial charge is 0.366 e. The molecule has 0 spiro atoms. The highest BCUT2D eigenvalue weighted by molar-refractivity contribution is 7.09. The number of fused-ring (bicyclic) bond motifs is 1. The minimum Gasteiger partial charge on any atom is -0.366 e. The van der Waals surface area contributed by atoms with Gasteiger partial charge in [0.1, 0.15) is 6.04 Å². The molecule has 2 fully saturated rings. The Morgan fingerprint density at radius 2 is 2.03 bits per heavy atom. The summed E-state index contributed by atoms with van der Waals surface area (Å²) in [5, 5.41) is 10.1. The lowest BCUT2D eigenvalue weighted by Crippen LogP contribution is -2.37. The molecule has 9 heteroatoms. The van der Waals surface area contributed by atoms with Gasteiger partial charge in [-0.3, -0.25) is 19.1 Å². The Balaban J connectivity index is 1.22. The van der Waals surface area contributed by atoms with Gasteiger partial charge in [-0.2, -0.15) is 5.10 Å². The highest BCUT2D eigenvalue weighted by Crippen LogP contribution is 2.37. The number of amides is 2. The normalized spacial score (nSPS) is 23.7. The molecule has 0 unspecified atom stereocenters. The first kappa shape index (κ1) is 21.1. The van der Waals surface area contributed by atoms with Crippen molar-refractivity contribution in [2.24, 2.45) is 17.6 Å². The van der Waals surface area contributed by atoms with Crippen LogP contribution in [0.3, 0.4) is 0 Å². The molecular formula is C23H27N5O3S. The van der Waals surface area contributed by atoms with Crippen LogP contribution >= 0.6 is 11.3 Å². The molecule has 0 bridgehead atoms. The molecule has 8 nitrogen and oxygen atoms in total. The van der Waals surface area contributed by atoms with Crippen LogP contribution in [0.5, 0.6) is 0 Å². The first-order valence-electron chi connectivity index (χ1n) is 11.1. The summed E-state index contributed by atoms with van der Waals surface area (Å²) in [6.45, 7) is 3.31. The van der Waals surface area contributed by atoms with Crippen molar-refractivity contribution in [3.05, 3.63) is 46.0 Å². The van der Waals surface area contributed by atoms with Crippen molar-refractivity contribution in [3.63, 3.8) is 0 Å². The fraction of sp³-hybridized carbons (Fsp3) is 0.478. The summed E-state index contributed by atoms with van der Waals surface area (Å²) in [5.41, 5.74) is 7.78. The summed E-state index contributed by atoms with van der Waals surface area (Å²) in [7, 11) is 0. The summed E-state index contributed by atoms with van der Waals surface area (Å²) < 4.78 is 1.96. The zero-order chi connectivity index (χ0) is 22.2. The Labute approximate surface area is 190 Å². The third-order valence-electron chi connectivity index (χ3n) is 6.66. The molecule has 2 N–H and O–H groups in total. The second-order valence-corrected chi connectivity index (χ2v) is 9.84. The van der Waals surface area contributed by atoms with Gasteiger partial charge in [0.05, 0.1) is 29.0 Å². The number of hydrogen-bond donors (Lipinski definition) is 1. The van der Waals surface area contributed by atoms with E-state index in [0.29, 0.717) is 18.1 Å². The van der Waals surface area contributed by atoms with Crippen molar-refractivity contribution in [2.45, 2.75) is 51.6 Å². The standard InChI is InChI=1S/C23H27N5O3S/c1-14-26-19(13-32-14)20-8-9-31-28(20)23(30)16-4-2-15(3-5-16)12-27-21-10-17(22(24)29)6-7-18(21)11-25-27/h6-7,10-11,13,15-16,20H,2-5,8-9,12H2,1H3,(H2,24,29)/t15?,16?,20-/m0/s1. The van der Waals surface area contributed by atoms with Crippen molar-refractivity contribution in [1.82, 2.24) is 19.8 Å². The minimum atomic E-state index is -0.436. The van der Waals surface area contributed by atoms with Crippen LogP contribution in [0.1, 0.15) is 59.2 Å². The first-order chi connectivity index (χ1) is 15.5. The average molecular weight is 454 g/mol. The summed E-state index contributed by atoms with van der Waals surface area (Å²) in [4.78, 5) is 35.0. The van der Waals surface area contributed by atoms with Gasteiger partial charge >= 0.3 is 0 Å². The lowest BCUT2D eigenvalue weighted by Gasteiger charge is -2.31. The van der Waals surface area contributed by atoms with E-state index in [1.807, 2.05) is 35.3 Å². The maximum atomic E-state index is 13.2. The third kappa shape index (κ3) is 4.02. The van der Waals surface area contributed by atoms with Crippen molar-refractivity contribution in [2.75, 3.05) is 6.61 Å². The van der Waals surface area contributed by atoms with Crippen LogP contribution in [-0.2, 0) is 16.2 Å². The van der Waals surface area contributed by atoms with Crippen molar-refractivity contribution < 1.29 is 14.4 Å². The van der Waals surface area contributed by atoms with Gasteiger partial charge in [0, 0.05) is 35.2 Å². The highest BCUT2D eigenvalue weighted by atomic mass is 32.1. The smallest absolute Gasteiger partial charge is 0.249 e.